The molecular formula is C24H22F4N2O3. The van der Waals surface area contributed by atoms with Gasteiger partial charge in [-0.05, 0) is 42.0 Å². The Balaban J connectivity index is 1.81. The van der Waals surface area contributed by atoms with Crippen LogP contribution >= 0.6 is 0 Å². The molecule has 1 heterocycles. The largest absolute Gasteiger partial charge is 0.494 e. The molecular weight excluding hydrogens is 440 g/mol. The van der Waals surface area contributed by atoms with Gasteiger partial charge in [-0.15, -0.1) is 0 Å². The van der Waals surface area contributed by atoms with Crippen LogP contribution in [-0.2, 0) is 25.9 Å². The summed E-state index contributed by atoms with van der Waals surface area (Å²) in [5.74, 6) is -5.00. The van der Waals surface area contributed by atoms with Crippen LogP contribution in [0.15, 0.2) is 64.2 Å². The zero-order valence-electron chi connectivity index (χ0n) is 17.8. The zero-order chi connectivity index (χ0) is 24.3. The third-order valence-electron chi connectivity index (χ3n) is 5.20. The third kappa shape index (κ3) is 5.42. The van der Waals surface area contributed by atoms with Crippen molar-refractivity contribution in [3.05, 3.63) is 110 Å². The number of rotatable bonds is 8. The number of hydrogen-bond donors (Lipinski definition) is 1. The lowest BCUT2D eigenvalue weighted by atomic mass is 10.0. The van der Waals surface area contributed by atoms with E-state index in [2.05, 4.69) is 6.58 Å². The van der Waals surface area contributed by atoms with Gasteiger partial charge in [-0.2, -0.15) is 0 Å². The van der Waals surface area contributed by atoms with E-state index in [1.54, 1.807) is 6.92 Å². The number of halogens is 4. The average molecular weight is 462 g/mol. The van der Waals surface area contributed by atoms with Gasteiger partial charge in [0.05, 0.1) is 12.6 Å². The monoisotopic (exact) mass is 462 g/mol. The normalized spacial score (nSPS) is 12.0. The molecule has 0 bridgehead atoms. The van der Waals surface area contributed by atoms with E-state index in [9.17, 15) is 32.3 Å². The Kier molecular flexibility index (Phi) is 7.20. The highest BCUT2D eigenvalue weighted by Crippen LogP contribution is 2.18. The van der Waals surface area contributed by atoms with Crippen molar-refractivity contribution in [2.24, 2.45) is 5.92 Å². The van der Waals surface area contributed by atoms with Gasteiger partial charge in [-0.3, -0.25) is 13.9 Å². The van der Waals surface area contributed by atoms with E-state index in [1.807, 2.05) is 0 Å². The molecule has 0 saturated heterocycles. The molecule has 1 unspecified atom stereocenters. The summed E-state index contributed by atoms with van der Waals surface area (Å²) in [5, 5.41) is 10.1. The smallest absolute Gasteiger partial charge is 0.334 e. The van der Waals surface area contributed by atoms with Gasteiger partial charge in [0, 0.05) is 6.54 Å². The van der Waals surface area contributed by atoms with Gasteiger partial charge in [0.2, 0.25) is 5.88 Å². The summed E-state index contributed by atoms with van der Waals surface area (Å²) >= 11 is 0. The van der Waals surface area contributed by atoms with Gasteiger partial charge in [0.25, 0.3) is 5.56 Å². The maximum atomic E-state index is 14.0. The molecule has 0 fully saturated rings. The fraction of sp³-hybridized carbons (Fsp3) is 0.250. The minimum atomic E-state index is -1.03. The first kappa shape index (κ1) is 24.0. The molecule has 0 aliphatic rings. The fourth-order valence-corrected chi connectivity index (χ4v) is 3.61. The standard InChI is InChI=1S/C24H22F4N2O3/c1-14(9-16-5-3-7-18(25)22(16)27)12-29-20(31)11-21(32)30(24(29)33)13-15(2)10-17-6-4-8-19(26)23(17)28/h3-8,11,15,32H,1,9-10,12-13H2,2H3. The molecule has 2 aromatic carbocycles. The molecule has 5 nitrogen and oxygen atoms in total. The van der Waals surface area contributed by atoms with E-state index in [-0.39, 0.29) is 42.6 Å². The summed E-state index contributed by atoms with van der Waals surface area (Å²) in [6.45, 7) is 5.07. The SMILES string of the molecule is C=C(Cc1cccc(F)c1F)Cn1c(=O)cc(O)n(CC(C)Cc2cccc(F)c2F)c1=O. The van der Waals surface area contributed by atoms with Crippen LogP contribution in [0.1, 0.15) is 18.1 Å². The predicted octanol–water partition coefficient (Wildman–Crippen LogP) is 3.95. The molecule has 174 valence electrons. The van der Waals surface area contributed by atoms with Crippen LogP contribution in [-0.4, -0.2) is 14.2 Å². The molecule has 3 rings (SSSR count). The first-order chi connectivity index (χ1) is 15.6. The molecule has 3 aromatic rings. The Morgan fingerprint density at radius 3 is 2.18 bits per heavy atom. The Morgan fingerprint density at radius 1 is 0.970 bits per heavy atom. The molecule has 1 atom stereocenters. The van der Waals surface area contributed by atoms with E-state index in [4.69, 9.17) is 0 Å². The molecule has 1 aromatic heterocycles. The maximum Gasteiger partial charge on any atom is 0.334 e. The van der Waals surface area contributed by atoms with Crippen LogP contribution in [0.5, 0.6) is 5.88 Å². The van der Waals surface area contributed by atoms with Crippen molar-refractivity contribution in [1.82, 2.24) is 9.13 Å². The minimum Gasteiger partial charge on any atom is -0.494 e. The van der Waals surface area contributed by atoms with Crippen molar-refractivity contribution in [3.8, 4) is 5.88 Å². The van der Waals surface area contributed by atoms with Crippen molar-refractivity contribution in [2.75, 3.05) is 0 Å². The molecule has 0 aliphatic heterocycles. The van der Waals surface area contributed by atoms with Crippen molar-refractivity contribution < 1.29 is 22.7 Å². The van der Waals surface area contributed by atoms with Crippen molar-refractivity contribution in [2.45, 2.75) is 32.9 Å². The van der Waals surface area contributed by atoms with Crippen LogP contribution in [0.4, 0.5) is 17.6 Å². The minimum absolute atomic E-state index is 0.0258. The van der Waals surface area contributed by atoms with Crippen molar-refractivity contribution in [1.29, 1.82) is 0 Å². The molecule has 0 spiro atoms. The van der Waals surface area contributed by atoms with Crippen LogP contribution < -0.4 is 11.2 Å². The van der Waals surface area contributed by atoms with Crippen molar-refractivity contribution >= 4 is 0 Å². The second kappa shape index (κ2) is 9.89. The average Bonchev–Trinajstić information content (AvgIpc) is 2.75. The number of nitrogens with zero attached hydrogens (tertiary/aromatic N) is 2. The Morgan fingerprint density at radius 2 is 1.55 bits per heavy atom. The lowest BCUT2D eigenvalue weighted by Gasteiger charge is -2.17. The summed E-state index contributed by atoms with van der Waals surface area (Å²) in [6, 6.07) is 8.33. The maximum absolute atomic E-state index is 14.0. The second-order valence-corrected chi connectivity index (χ2v) is 7.98. The van der Waals surface area contributed by atoms with Gasteiger partial charge < -0.3 is 5.11 Å². The summed E-state index contributed by atoms with van der Waals surface area (Å²) in [4.78, 5) is 25.2. The lowest BCUT2D eigenvalue weighted by Crippen LogP contribution is -2.40. The number of allylic oxidation sites excluding steroid dienone is 1. The highest BCUT2D eigenvalue weighted by molar-refractivity contribution is 5.24. The molecule has 33 heavy (non-hydrogen) atoms. The van der Waals surface area contributed by atoms with Crippen LogP contribution in [0.25, 0.3) is 0 Å². The van der Waals surface area contributed by atoms with E-state index >= 15 is 0 Å². The highest BCUT2D eigenvalue weighted by atomic mass is 19.2. The summed E-state index contributed by atoms with van der Waals surface area (Å²) in [6.07, 6.45) is -0.0221. The number of aromatic nitrogens is 2. The zero-order valence-corrected chi connectivity index (χ0v) is 17.8. The molecule has 0 aliphatic carbocycles. The Hall–Kier alpha value is -3.62. The van der Waals surface area contributed by atoms with Gasteiger partial charge in [-0.25, -0.2) is 22.4 Å². The Bertz CT molecular complexity index is 1310. The third-order valence-corrected chi connectivity index (χ3v) is 5.20. The molecule has 0 radical (unpaired) electrons. The fourth-order valence-electron chi connectivity index (χ4n) is 3.61. The first-order valence-corrected chi connectivity index (χ1v) is 10.1. The summed E-state index contributed by atoms with van der Waals surface area (Å²) in [5.41, 5.74) is -1.22. The van der Waals surface area contributed by atoms with Gasteiger partial charge in [0.15, 0.2) is 23.3 Å². The number of hydrogen-bond acceptors (Lipinski definition) is 3. The van der Waals surface area contributed by atoms with Crippen molar-refractivity contribution in [3.63, 3.8) is 0 Å². The van der Waals surface area contributed by atoms with Gasteiger partial charge in [0.1, 0.15) is 0 Å². The number of benzene rings is 2. The Labute approximate surface area is 186 Å². The molecule has 9 heteroatoms. The number of aromatic hydroxyl groups is 1. The van der Waals surface area contributed by atoms with Crippen LogP contribution in [0.2, 0.25) is 0 Å². The van der Waals surface area contributed by atoms with E-state index in [0.717, 1.165) is 27.3 Å². The first-order valence-electron chi connectivity index (χ1n) is 10.1. The lowest BCUT2D eigenvalue weighted by molar-refractivity contribution is 0.355. The molecule has 0 saturated carbocycles. The highest BCUT2D eigenvalue weighted by Gasteiger charge is 2.17. The summed E-state index contributed by atoms with van der Waals surface area (Å²) in [7, 11) is 0. The quantitative estimate of drug-likeness (QED) is 0.407. The van der Waals surface area contributed by atoms with Crippen LogP contribution in [0, 0.1) is 29.2 Å². The summed E-state index contributed by atoms with van der Waals surface area (Å²) < 4.78 is 56.5. The predicted molar refractivity (Wildman–Crippen MR) is 115 cm³/mol. The van der Waals surface area contributed by atoms with Crippen LogP contribution in [0.3, 0.4) is 0 Å². The van der Waals surface area contributed by atoms with E-state index in [0.29, 0.717) is 0 Å². The van der Waals surface area contributed by atoms with Gasteiger partial charge in [-0.1, -0.05) is 43.3 Å². The molecule has 0 amide bonds. The second-order valence-electron chi connectivity index (χ2n) is 7.98. The molecule has 1 N–H and O–H groups in total. The van der Waals surface area contributed by atoms with Gasteiger partial charge >= 0.3 is 5.69 Å². The van der Waals surface area contributed by atoms with E-state index < -0.39 is 46.3 Å². The topological polar surface area (TPSA) is 64.2 Å². The van der Waals surface area contributed by atoms with E-state index in [1.165, 1.54) is 24.3 Å².